The summed E-state index contributed by atoms with van der Waals surface area (Å²) >= 11 is 6.31. The first kappa shape index (κ1) is 19.2. The van der Waals surface area contributed by atoms with Crippen molar-refractivity contribution in [2.75, 3.05) is 39.4 Å². The molecule has 1 atom stereocenters. The maximum absolute atomic E-state index is 12.2. The van der Waals surface area contributed by atoms with Gasteiger partial charge in [-0.2, -0.15) is 0 Å². The van der Waals surface area contributed by atoms with Crippen LogP contribution in [0.4, 0.5) is 0 Å². The standard InChI is InChI=1S/C19H29ClN2O2/c1-15(2)14-24-13-8-19(23)22-11-9-21(10-12-22)16(3)17-6-4-5-7-18(17)20/h4-7,15-16H,8-14H2,1-3H3. The predicted octanol–water partition coefficient (Wildman–Crippen LogP) is 3.61. The van der Waals surface area contributed by atoms with Gasteiger partial charge in [-0.05, 0) is 24.5 Å². The van der Waals surface area contributed by atoms with Gasteiger partial charge in [0.1, 0.15) is 0 Å². The van der Waals surface area contributed by atoms with Crippen LogP contribution in [0, 0.1) is 5.92 Å². The molecule has 0 N–H and O–H groups in total. The molecule has 0 radical (unpaired) electrons. The van der Waals surface area contributed by atoms with Crippen LogP contribution in [0.2, 0.25) is 5.02 Å². The summed E-state index contributed by atoms with van der Waals surface area (Å²) in [6.07, 6.45) is 0.479. The predicted molar refractivity (Wildman–Crippen MR) is 98.3 cm³/mol. The van der Waals surface area contributed by atoms with Crippen LogP contribution in [0.25, 0.3) is 0 Å². The minimum Gasteiger partial charge on any atom is -0.381 e. The Kier molecular flexibility index (Phi) is 7.53. The maximum atomic E-state index is 12.2. The molecule has 4 nitrogen and oxygen atoms in total. The highest BCUT2D eigenvalue weighted by Gasteiger charge is 2.25. The van der Waals surface area contributed by atoms with Gasteiger partial charge in [0.15, 0.2) is 0 Å². The summed E-state index contributed by atoms with van der Waals surface area (Å²) in [4.78, 5) is 16.6. The first-order valence-corrected chi connectivity index (χ1v) is 9.21. The van der Waals surface area contributed by atoms with Gasteiger partial charge in [-0.25, -0.2) is 0 Å². The second-order valence-electron chi connectivity index (χ2n) is 6.83. The van der Waals surface area contributed by atoms with Crippen LogP contribution >= 0.6 is 11.6 Å². The molecule has 1 amide bonds. The Morgan fingerprint density at radius 1 is 1.17 bits per heavy atom. The zero-order chi connectivity index (χ0) is 17.5. The molecular weight excluding hydrogens is 324 g/mol. The summed E-state index contributed by atoms with van der Waals surface area (Å²) in [5.41, 5.74) is 1.15. The smallest absolute Gasteiger partial charge is 0.224 e. The van der Waals surface area contributed by atoms with Crippen LogP contribution in [0.3, 0.4) is 0 Å². The number of piperazine rings is 1. The van der Waals surface area contributed by atoms with E-state index >= 15 is 0 Å². The molecule has 2 rings (SSSR count). The molecule has 1 fully saturated rings. The van der Waals surface area contributed by atoms with Crippen LogP contribution in [0.15, 0.2) is 24.3 Å². The van der Waals surface area contributed by atoms with Gasteiger partial charge in [0.05, 0.1) is 13.0 Å². The Morgan fingerprint density at radius 2 is 1.83 bits per heavy atom. The number of amides is 1. The molecule has 0 spiro atoms. The first-order chi connectivity index (χ1) is 11.5. The molecular formula is C19H29ClN2O2. The number of carbonyl (C=O) groups excluding carboxylic acids is 1. The number of halogens is 1. The lowest BCUT2D eigenvalue weighted by molar-refractivity contribution is -0.134. The Balaban J connectivity index is 1.76. The minimum absolute atomic E-state index is 0.198. The lowest BCUT2D eigenvalue weighted by Crippen LogP contribution is -2.49. The van der Waals surface area contributed by atoms with Crippen LogP contribution in [0.1, 0.15) is 38.8 Å². The van der Waals surface area contributed by atoms with Crippen molar-refractivity contribution in [3.63, 3.8) is 0 Å². The van der Waals surface area contributed by atoms with E-state index in [1.807, 2.05) is 23.1 Å². The Hall–Kier alpha value is -1.10. The van der Waals surface area contributed by atoms with Crippen LogP contribution in [0.5, 0.6) is 0 Å². The van der Waals surface area contributed by atoms with E-state index < -0.39 is 0 Å². The maximum Gasteiger partial charge on any atom is 0.224 e. The Labute approximate surface area is 150 Å². The van der Waals surface area contributed by atoms with E-state index in [4.69, 9.17) is 16.3 Å². The third-order valence-corrected chi connectivity index (χ3v) is 4.83. The Morgan fingerprint density at radius 3 is 2.46 bits per heavy atom. The van der Waals surface area contributed by atoms with Crippen molar-refractivity contribution in [3.05, 3.63) is 34.9 Å². The summed E-state index contributed by atoms with van der Waals surface area (Å²) in [6, 6.07) is 8.26. The quantitative estimate of drug-likeness (QED) is 0.703. The zero-order valence-corrected chi connectivity index (χ0v) is 15.8. The van der Waals surface area contributed by atoms with E-state index in [1.165, 1.54) is 0 Å². The molecule has 5 heteroatoms. The number of benzene rings is 1. The topological polar surface area (TPSA) is 32.8 Å². The monoisotopic (exact) mass is 352 g/mol. The average molecular weight is 353 g/mol. The molecule has 1 unspecified atom stereocenters. The third-order valence-electron chi connectivity index (χ3n) is 4.48. The van der Waals surface area contributed by atoms with E-state index in [9.17, 15) is 4.79 Å². The molecule has 0 saturated carbocycles. The van der Waals surface area contributed by atoms with Gasteiger partial charge in [0.25, 0.3) is 0 Å². The van der Waals surface area contributed by atoms with Gasteiger partial charge < -0.3 is 9.64 Å². The van der Waals surface area contributed by atoms with Crippen LogP contribution in [-0.2, 0) is 9.53 Å². The molecule has 0 bridgehead atoms. The summed E-state index contributed by atoms with van der Waals surface area (Å²) < 4.78 is 5.51. The van der Waals surface area contributed by atoms with Gasteiger partial charge in [0.2, 0.25) is 5.91 Å². The van der Waals surface area contributed by atoms with Crippen molar-refractivity contribution in [2.24, 2.45) is 5.92 Å². The molecule has 1 heterocycles. The largest absolute Gasteiger partial charge is 0.381 e. The van der Waals surface area contributed by atoms with Gasteiger partial charge in [-0.1, -0.05) is 43.6 Å². The van der Waals surface area contributed by atoms with Gasteiger partial charge in [-0.3, -0.25) is 9.69 Å². The SMILES string of the molecule is CC(C)COCCC(=O)N1CCN(C(C)c2ccccc2Cl)CC1. The molecule has 1 aliphatic rings. The van der Waals surface area contributed by atoms with Crippen molar-refractivity contribution in [1.29, 1.82) is 0 Å². The first-order valence-electron chi connectivity index (χ1n) is 8.83. The highest BCUT2D eigenvalue weighted by molar-refractivity contribution is 6.31. The van der Waals surface area contributed by atoms with Crippen LogP contribution < -0.4 is 0 Å². The fourth-order valence-corrected chi connectivity index (χ4v) is 3.30. The van der Waals surface area contributed by atoms with Gasteiger partial charge in [0, 0.05) is 43.9 Å². The molecule has 1 aromatic carbocycles. The summed E-state index contributed by atoms with van der Waals surface area (Å²) in [5.74, 6) is 0.707. The molecule has 0 aliphatic carbocycles. The molecule has 134 valence electrons. The van der Waals surface area contributed by atoms with Crippen LogP contribution in [-0.4, -0.2) is 55.1 Å². The highest BCUT2D eigenvalue weighted by Crippen LogP contribution is 2.27. The molecule has 1 aliphatic heterocycles. The van der Waals surface area contributed by atoms with Crippen molar-refractivity contribution < 1.29 is 9.53 Å². The molecule has 24 heavy (non-hydrogen) atoms. The number of ether oxygens (including phenoxy) is 1. The van der Waals surface area contributed by atoms with E-state index in [-0.39, 0.29) is 11.9 Å². The van der Waals surface area contributed by atoms with E-state index in [2.05, 4.69) is 31.7 Å². The number of rotatable bonds is 7. The second kappa shape index (κ2) is 9.40. The highest BCUT2D eigenvalue weighted by atomic mass is 35.5. The number of carbonyl (C=O) groups is 1. The normalized spacial score (nSPS) is 17.3. The summed E-state index contributed by atoms with van der Waals surface area (Å²) in [5, 5.41) is 0.811. The Bertz CT molecular complexity index is 528. The molecule has 1 aromatic rings. The van der Waals surface area contributed by atoms with Gasteiger partial charge in [-0.15, -0.1) is 0 Å². The van der Waals surface area contributed by atoms with Gasteiger partial charge >= 0.3 is 0 Å². The number of nitrogens with zero attached hydrogens (tertiary/aromatic N) is 2. The van der Waals surface area contributed by atoms with Crippen molar-refractivity contribution in [2.45, 2.75) is 33.2 Å². The van der Waals surface area contributed by atoms with Crippen molar-refractivity contribution >= 4 is 17.5 Å². The van der Waals surface area contributed by atoms with E-state index in [1.54, 1.807) is 0 Å². The second-order valence-corrected chi connectivity index (χ2v) is 7.24. The molecule has 0 aromatic heterocycles. The van der Waals surface area contributed by atoms with E-state index in [0.717, 1.165) is 43.4 Å². The minimum atomic E-state index is 0.198. The third kappa shape index (κ3) is 5.47. The lowest BCUT2D eigenvalue weighted by atomic mass is 10.1. The fraction of sp³-hybridized carbons (Fsp3) is 0.632. The number of hydrogen-bond acceptors (Lipinski definition) is 3. The fourth-order valence-electron chi connectivity index (χ4n) is 3.01. The number of hydrogen-bond donors (Lipinski definition) is 0. The zero-order valence-electron chi connectivity index (χ0n) is 15.0. The van der Waals surface area contributed by atoms with E-state index in [0.29, 0.717) is 18.9 Å². The van der Waals surface area contributed by atoms with Crippen molar-refractivity contribution in [3.8, 4) is 0 Å². The lowest BCUT2D eigenvalue weighted by Gasteiger charge is -2.38. The summed E-state index contributed by atoms with van der Waals surface area (Å²) in [7, 11) is 0. The van der Waals surface area contributed by atoms with Crippen molar-refractivity contribution in [1.82, 2.24) is 9.80 Å². The average Bonchev–Trinajstić information content (AvgIpc) is 2.58. The summed E-state index contributed by atoms with van der Waals surface area (Å²) in [6.45, 7) is 11.0. The molecule has 1 saturated heterocycles.